The summed E-state index contributed by atoms with van der Waals surface area (Å²) in [5.41, 5.74) is 3.31. The molecule has 5 nitrogen and oxygen atoms in total. The third-order valence-corrected chi connectivity index (χ3v) is 6.02. The Labute approximate surface area is 196 Å². The molecule has 0 saturated heterocycles. The number of ether oxygens (including phenoxy) is 1. The maximum Gasteiger partial charge on any atom is 0.278 e. The predicted molar refractivity (Wildman–Crippen MR) is 127 cm³/mol. The van der Waals surface area contributed by atoms with E-state index < -0.39 is 11.8 Å². The van der Waals surface area contributed by atoms with E-state index in [9.17, 15) is 14.0 Å². The van der Waals surface area contributed by atoms with Crippen LogP contribution in [-0.2, 0) is 16.0 Å². The van der Waals surface area contributed by atoms with Crippen molar-refractivity contribution in [3.8, 4) is 5.75 Å². The van der Waals surface area contributed by atoms with E-state index in [-0.39, 0.29) is 23.6 Å². The summed E-state index contributed by atoms with van der Waals surface area (Å²) in [6, 6.07) is 18.3. The maximum atomic E-state index is 13.4. The Kier molecular flexibility index (Phi) is 6.47. The Morgan fingerprint density at radius 3 is 2.33 bits per heavy atom. The Balaban J connectivity index is 1.68. The Morgan fingerprint density at radius 2 is 1.67 bits per heavy atom. The lowest BCUT2D eigenvalue weighted by atomic mass is 10.0. The largest absolute Gasteiger partial charge is 0.497 e. The van der Waals surface area contributed by atoms with Crippen LogP contribution in [0.3, 0.4) is 0 Å². The standard InChI is InChI=1S/C26H22ClFN2O3/c1-16-21(27)4-3-5-22(16)29-24-23(18-8-12-20(33-2)13-9-18)25(31)30(26(24)32)15-14-17-6-10-19(28)11-7-17/h3-13,29H,14-15H2,1-2H3. The number of methoxy groups -OCH3 is 1. The highest BCUT2D eigenvalue weighted by Gasteiger charge is 2.39. The fraction of sp³-hybridized carbons (Fsp3) is 0.154. The van der Waals surface area contributed by atoms with E-state index >= 15 is 0 Å². The van der Waals surface area contributed by atoms with Crippen LogP contribution >= 0.6 is 11.6 Å². The van der Waals surface area contributed by atoms with Crippen molar-refractivity contribution in [2.24, 2.45) is 0 Å². The summed E-state index contributed by atoms with van der Waals surface area (Å²) < 4.78 is 18.4. The van der Waals surface area contributed by atoms with Crippen LogP contribution in [0.4, 0.5) is 10.1 Å². The topological polar surface area (TPSA) is 58.6 Å². The van der Waals surface area contributed by atoms with Gasteiger partial charge in [0.05, 0.1) is 12.7 Å². The summed E-state index contributed by atoms with van der Waals surface area (Å²) in [6.07, 6.45) is 0.414. The number of carbonyl (C=O) groups excluding carboxylic acids is 2. The van der Waals surface area contributed by atoms with Crippen molar-refractivity contribution in [2.75, 3.05) is 19.0 Å². The van der Waals surface area contributed by atoms with E-state index in [1.54, 1.807) is 61.7 Å². The smallest absolute Gasteiger partial charge is 0.278 e. The highest BCUT2D eigenvalue weighted by atomic mass is 35.5. The molecule has 1 aliphatic heterocycles. The normalized spacial score (nSPS) is 13.6. The first-order chi connectivity index (χ1) is 15.9. The zero-order valence-corrected chi connectivity index (χ0v) is 18.9. The van der Waals surface area contributed by atoms with Crippen molar-refractivity contribution < 1.29 is 18.7 Å². The van der Waals surface area contributed by atoms with Crippen LogP contribution in [0.1, 0.15) is 16.7 Å². The number of carbonyl (C=O) groups is 2. The minimum atomic E-state index is -0.424. The SMILES string of the molecule is COc1ccc(C2=C(Nc3cccc(Cl)c3C)C(=O)N(CCc3ccc(F)cc3)C2=O)cc1. The molecule has 1 aliphatic rings. The molecule has 0 radical (unpaired) electrons. The predicted octanol–water partition coefficient (Wildman–Crippen LogP) is 5.23. The zero-order chi connectivity index (χ0) is 23.5. The van der Waals surface area contributed by atoms with Gasteiger partial charge in [-0.2, -0.15) is 0 Å². The second-order valence-electron chi connectivity index (χ2n) is 7.65. The summed E-state index contributed by atoms with van der Waals surface area (Å²) in [7, 11) is 1.56. The van der Waals surface area contributed by atoms with E-state index in [0.717, 1.165) is 11.1 Å². The van der Waals surface area contributed by atoms with Gasteiger partial charge in [0.1, 0.15) is 17.3 Å². The van der Waals surface area contributed by atoms with Gasteiger partial charge in [0.25, 0.3) is 11.8 Å². The van der Waals surface area contributed by atoms with Gasteiger partial charge in [0.15, 0.2) is 0 Å². The first-order valence-corrected chi connectivity index (χ1v) is 10.8. The third kappa shape index (κ3) is 4.61. The highest BCUT2D eigenvalue weighted by Crippen LogP contribution is 2.33. The molecule has 0 aromatic heterocycles. The Bertz CT molecular complexity index is 1240. The van der Waals surface area contributed by atoms with Crippen LogP contribution < -0.4 is 10.1 Å². The van der Waals surface area contributed by atoms with Gasteiger partial charge in [-0.05, 0) is 66.4 Å². The molecular formula is C26H22ClFN2O3. The number of anilines is 1. The molecule has 1 N–H and O–H groups in total. The number of hydrogen-bond acceptors (Lipinski definition) is 4. The van der Waals surface area contributed by atoms with Gasteiger partial charge in [-0.25, -0.2) is 4.39 Å². The Hall–Kier alpha value is -3.64. The molecule has 3 aromatic rings. The molecule has 4 rings (SSSR count). The van der Waals surface area contributed by atoms with Crippen LogP contribution in [0.15, 0.2) is 72.4 Å². The van der Waals surface area contributed by atoms with Crippen molar-refractivity contribution in [1.29, 1.82) is 0 Å². The summed E-state index contributed by atoms with van der Waals surface area (Å²) in [5, 5.41) is 3.70. The van der Waals surface area contributed by atoms with E-state index in [4.69, 9.17) is 16.3 Å². The molecule has 33 heavy (non-hydrogen) atoms. The minimum absolute atomic E-state index is 0.169. The van der Waals surface area contributed by atoms with Crippen molar-refractivity contribution >= 4 is 34.7 Å². The van der Waals surface area contributed by atoms with E-state index in [2.05, 4.69) is 5.32 Å². The molecular weight excluding hydrogens is 443 g/mol. The van der Waals surface area contributed by atoms with Gasteiger partial charge in [-0.15, -0.1) is 0 Å². The number of rotatable bonds is 7. The van der Waals surface area contributed by atoms with Gasteiger partial charge < -0.3 is 10.1 Å². The molecule has 7 heteroatoms. The third-order valence-electron chi connectivity index (χ3n) is 5.61. The lowest BCUT2D eigenvalue weighted by Crippen LogP contribution is -2.34. The minimum Gasteiger partial charge on any atom is -0.497 e. The molecule has 0 saturated carbocycles. The second kappa shape index (κ2) is 9.46. The highest BCUT2D eigenvalue weighted by molar-refractivity contribution is 6.36. The van der Waals surface area contributed by atoms with Gasteiger partial charge >= 0.3 is 0 Å². The molecule has 0 atom stereocenters. The monoisotopic (exact) mass is 464 g/mol. The molecule has 0 unspecified atom stereocenters. The summed E-state index contributed by atoms with van der Waals surface area (Å²) >= 11 is 6.25. The molecule has 0 aliphatic carbocycles. The number of benzene rings is 3. The molecule has 1 heterocycles. The van der Waals surface area contributed by atoms with Gasteiger partial charge in [-0.3, -0.25) is 14.5 Å². The van der Waals surface area contributed by atoms with E-state index in [0.29, 0.717) is 28.4 Å². The van der Waals surface area contributed by atoms with Crippen molar-refractivity contribution in [3.05, 3.63) is 100.0 Å². The molecule has 0 fully saturated rings. The van der Waals surface area contributed by atoms with Crippen LogP contribution in [-0.4, -0.2) is 30.4 Å². The first kappa shape index (κ1) is 22.6. The maximum absolute atomic E-state index is 13.4. The average Bonchev–Trinajstić information content (AvgIpc) is 3.05. The Morgan fingerprint density at radius 1 is 0.970 bits per heavy atom. The van der Waals surface area contributed by atoms with Gasteiger partial charge in [-0.1, -0.05) is 41.9 Å². The lowest BCUT2D eigenvalue weighted by Gasteiger charge is -2.16. The van der Waals surface area contributed by atoms with E-state index in [1.165, 1.54) is 17.0 Å². The van der Waals surface area contributed by atoms with E-state index in [1.807, 2.05) is 6.92 Å². The number of halogens is 2. The summed E-state index contributed by atoms with van der Waals surface area (Å²) in [5.74, 6) is -0.509. The number of imide groups is 1. The molecule has 168 valence electrons. The number of hydrogen-bond donors (Lipinski definition) is 1. The fourth-order valence-electron chi connectivity index (χ4n) is 3.69. The molecule has 2 amide bonds. The van der Waals surface area contributed by atoms with Crippen molar-refractivity contribution in [1.82, 2.24) is 4.90 Å². The number of amides is 2. The number of nitrogens with one attached hydrogen (secondary N) is 1. The van der Waals surface area contributed by atoms with Crippen LogP contribution in [0.5, 0.6) is 5.75 Å². The molecule has 0 bridgehead atoms. The summed E-state index contributed by atoms with van der Waals surface area (Å²) in [4.78, 5) is 28.0. The number of nitrogens with zero attached hydrogens (tertiary/aromatic N) is 1. The van der Waals surface area contributed by atoms with Gasteiger partial charge in [0, 0.05) is 17.3 Å². The quantitative estimate of drug-likeness (QED) is 0.486. The van der Waals surface area contributed by atoms with Crippen LogP contribution in [0.25, 0.3) is 5.57 Å². The zero-order valence-electron chi connectivity index (χ0n) is 18.2. The molecule has 0 spiro atoms. The molecule has 3 aromatic carbocycles. The second-order valence-corrected chi connectivity index (χ2v) is 8.06. The lowest BCUT2D eigenvalue weighted by molar-refractivity contribution is -0.136. The van der Waals surface area contributed by atoms with Crippen LogP contribution in [0.2, 0.25) is 5.02 Å². The van der Waals surface area contributed by atoms with Gasteiger partial charge in [0.2, 0.25) is 0 Å². The summed E-state index contributed by atoms with van der Waals surface area (Å²) in [6.45, 7) is 2.01. The van der Waals surface area contributed by atoms with Crippen molar-refractivity contribution in [3.63, 3.8) is 0 Å². The van der Waals surface area contributed by atoms with Crippen LogP contribution in [0, 0.1) is 12.7 Å². The van der Waals surface area contributed by atoms with Crippen molar-refractivity contribution in [2.45, 2.75) is 13.3 Å². The fourth-order valence-corrected chi connectivity index (χ4v) is 3.86. The first-order valence-electron chi connectivity index (χ1n) is 10.4. The average molecular weight is 465 g/mol.